The molecule has 58 valence electrons. The number of benzene rings is 1. The zero-order valence-electron chi connectivity index (χ0n) is 6.45. The Morgan fingerprint density at radius 1 is 1.27 bits per heavy atom. The monoisotopic (exact) mass is 149 g/mol. The summed E-state index contributed by atoms with van der Waals surface area (Å²) < 4.78 is 5.12. The van der Waals surface area contributed by atoms with E-state index < -0.39 is 0 Å². The minimum absolute atomic E-state index is 0.0716. The van der Waals surface area contributed by atoms with Crippen molar-refractivity contribution in [2.24, 2.45) is 5.73 Å². The molecule has 0 aliphatic carbocycles. The van der Waals surface area contributed by atoms with E-state index >= 15 is 0 Å². The van der Waals surface area contributed by atoms with Crippen molar-refractivity contribution < 1.29 is 4.74 Å². The quantitative estimate of drug-likeness (QED) is 0.612. The summed E-state index contributed by atoms with van der Waals surface area (Å²) >= 11 is 0. The molecule has 2 nitrogen and oxygen atoms in total. The van der Waals surface area contributed by atoms with Gasteiger partial charge in [-0.1, -0.05) is 29.8 Å². The molecule has 1 aliphatic rings. The minimum atomic E-state index is -0.0716. The number of hydrogen-bond acceptors (Lipinski definition) is 2. The van der Waals surface area contributed by atoms with Crippen molar-refractivity contribution in [3.05, 3.63) is 35.4 Å². The van der Waals surface area contributed by atoms with Gasteiger partial charge >= 0.3 is 0 Å². The molecule has 0 spiro atoms. The molecule has 0 saturated carbocycles. The normalized spacial score (nSPS) is 28.5. The molecule has 1 heterocycles. The molecule has 2 unspecified atom stereocenters. The van der Waals surface area contributed by atoms with Crippen LogP contribution < -0.4 is 5.73 Å². The van der Waals surface area contributed by atoms with Crippen molar-refractivity contribution >= 4 is 0 Å². The van der Waals surface area contributed by atoms with Gasteiger partial charge in [0.1, 0.15) is 12.3 Å². The fourth-order valence-corrected chi connectivity index (χ4v) is 1.15. The zero-order valence-corrected chi connectivity index (χ0v) is 6.45. The molecule has 1 aliphatic heterocycles. The fourth-order valence-electron chi connectivity index (χ4n) is 1.15. The van der Waals surface area contributed by atoms with Gasteiger partial charge < -0.3 is 10.5 Å². The molecular weight excluding hydrogens is 138 g/mol. The molecule has 1 aromatic carbocycles. The Kier molecular flexibility index (Phi) is 1.44. The second-order valence-corrected chi connectivity index (χ2v) is 2.93. The van der Waals surface area contributed by atoms with Crippen LogP contribution in [-0.4, -0.2) is 6.23 Å². The van der Waals surface area contributed by atoms with Gasteiger partial charge in [0.15, 0.2) is 0 Å². The first kappa shape index (κ1) is 6.83. The Bertz CT molecular complexity index is 255. The van der Waals surface area contributed by atoms with Crippen LogP contribution >= 0.6 is 0 Å². The van der Waals surface area contributed by atoms with Gasteiger partial charge in [0.05, 0.1) is 0 Å². The first-order chi connectivity index (χ1) is 5.27. The molecule has 0 radical (unpaired) electrons. The maximum Gasteiger partial charge on any atom is 0.137 e. The number of ether oxygens (including phenoxy) is 1. The van der Waals surface area contributed by atoms with E-state index in [1.807, 2.05) is 0 Å². The molecule has 0 aromatic heterocycles. The smallest absolute Gasteiger partial charge is 0.137 e. The second kappa shape index (κ2) is 2.32. The van der Waals surface area contributed by atoms with Crippen LogP contribution in [0.2, 0.25) is 0 Å². The zero-order chi connectivity index (χ0) is 7.84. The summed E-state index contributed by atoms with van der Waals surface area (Å²) in [6, 6.07) is 8.27. The minimum Gasteiger partial charge on any atom is -0.348 e. The van der Waals surface area contributed by atoms with Gasteiger partial charge in [0, 0.05) is 0 Å². The second-order valence-electron chi connectivity index (χ2n) is 2.93. The lowest BCUT2D eigenvalue weighted by Gasteiger charge is -1.94. The summed E-state index contributed by atoms with van der Waals surface area (Å²) in [6.45, 7) is 2.07. The summed E-state index contributed by atoms with van der Waals surface area (Å²) in [5.74, 6) is 0. The molecule has 1 aromatic rings. The van der Waals surface area contributed by atoms with Gasteiger partial charge in [0.2, 0.25) is 0 Å². The van der Waals surface area contributed by atoms with Crippen molar-refractivity contribution in [3.8, 4) is 0 Å². The van der Waals surface area contributed by atoms with E-state index in [2.05, 4.69) is 31.2 Å². The number of rotatable bonds is 1. The van der Waals surface area contributed by atoms with E-state index in [1.165, 1.54) is 11.1 Å². The fraction of sp³-hybridized carbons (Fsp3) is 0.333. The predicted molar refractivity (Wildman–Crippen MR) is 43.0 cm³/mol. The van der Waals surface area contributed by atoms with E-state index in [9.17, 15) is 0 Å². The largest absolute Gasteiger partial charge is 0.348 e. The predicted octanol–water partition coefficient (Wildman–Crippen LogP) is 1.35. The third-order valence-corrected chi connectivity index (χ3v) is 1.93. The summed E-state index contributed by atoms with van der Waals surface area (Å²) in [6.07, 6.45) is 0.0771. The molecule has 2 N–H and O–H groups in total. The van der Waals surface area contributed by atoms with Gasteiger partial charge in [-0.15, -0.1) is 0 Å². The van der Waals surface area contributed by atoms with Gasteiger partial charge in [-0.25, -0.2) is 0 Å². The van der Waals surface area contributed by atoms with Gasteiger partial charge in [-0.3, -0.25) is 0 Å². The average Bonchev–Trinajstić information content (AvgIpc) is 2.69. The number of nitrogens with two attached hydrogens (primary N) is 1. The molecule has 0 bridgehead atoms. The Morgan fingerprint density at radius 2 is 1.82 bits per heavy atom. The molecule has 11 heavy (non-hydrogen) atoms. The molecule has 2 atom stereocenters. The lowest BCUT2D eigenvalue weighted by molar-refractivity contribution is 0.377. The maximum atomic E-state index is 5.51. The SMILES string of the molecule is Cc1ccc(C2OC2N)cc1. The topological polar surface area (TPSA) is 38.5 Å². The van der Waals surface area contributed by atoms with E-state index in [-0.39, 0.29) is 12.3 Å². The first-order valence-corrected chi connectivity index (χ1v) is 3.75. The van der Waals surface area contributed by atoms with Crippen molar-refractivity contribution in [1.29, 1.82) is 0 Å². The highest BCUT2D eigenvalue weighted by molar-refractivity contribution is 5.25. The molecule has 1 saturated heterocycles. The number of epoxide rings is 1. The first-order valence-electron chi connectivity index (χ1n) is 3.75. The Hall–Kier alpha value is -0.860. The van der Waals surface area contributed by atoms with Crippen LogP contribution in [0, 0.1) is 6.92 Å². The van der Waals surface area contributed by atoms with Crippen LogP contribution in [0.5, 0.6) is 0 Å². The van der Waals surface area contributed by atoms with Crippen LogP contribution in [0.25, 0.3) is 0 Å². The van der Waals surface area contributed by atoms with Crippen molar-refractivity contribution in [2.75, 3.05) is 0 Å². The Balaban J connectivity index is 2.21. The van der Waals surface area contributed by atoms with Crippen LogP contribution in [0.1, 0.15) is 17.2 Å². The van der Waals surface area contributed by atoms with Gasteiger partial charge in [0.25, 0.3) is 0 Å². The Morgan fingerprint density at radius 3 is 2.27 bits per heavy atom. The highest BCUT2D eigenvalue weighted by Gasteiger charge is 2.36. The highest BCUT2D eigenvalue weighted by Crippen LogP contribution is 2.34. The molecule has 2 rings (SSSR count). The lowest BCUT2D eigenvalue weighted by atomic mass is 10.1. The Labute approximate surface area is 66.0 Å². The standard InChI is InChI=1S/C9H11NO/c1-6-2-4-7(5-3-6)8-9(10)11-8/h2-5,8-9H,10H2,1H3. The van der Waals surface area contributed by atoms with E-state index in [0.717, 1.165) is 0 Å². The summed E-state index contributed by atoms with van der Waals surface area (Å²) in [5, 5.41) is 0. The summed E-state index contributed by atoms with van der Waals surface area (Å²) in [7, 11) is 0. The number of aryl methyl sites for hydroxylation is 1. The molecular formula is C9H11NO. The third kappa shape index (κ3) is 1.27. The maximum absolute atomic E-state index is 5.51. The van der Waals surface area contributed by atoms with Gasteiger partial charge in [-0.05, 0) is 12.5 Å². The highest BCUT2D eigenvalue weighted by atomic mass is 16.6. The van der Waals surface area contributed by atoms with E-state index in [0.29, 0.717) is 0 Å². The molecule has 1 fully saturated rings. The summed E-state index contributed by atoms with van der Waals surface area (Å²) in [5.41, 5.74) is 7.96. The van der Waals surface area contributed by atoms with Gasteiger partial charge in [-0.2, -0.15) is 0 Å². The average molecular weight is 149 g/mol. The van der Waals surface area contributed by atoms with Crippen molar-refractivity contribution in [3.63, 3.8) is 0 Å². The van der Waals surface area contributed by atoms with E-state index in [1.54, 1.807) is 0 Å². The van der Waals surface area contributed by atoms with Crippen LogP contribution in [0.4, 0.5) is 0 Å². The van der Waals surface area contributed by atoms with E-state index in [4.69, 9.17) is 10.5 Å². The van der Waals surface area contributed by atoms with Crippen LogP contribution in [-0.2, 0) is 4.74 Å². The van der Waals surface area contributed by atoms with Crippen LogP contribution in [0.15, 0.2) is 24.3 Å². The lowest BCUT2D eigenvalue weighted by Crippen LogP contribution is -2.00. The number of hydrogen-bond donors (Lipinski definition) is 1. The molecule has 0 amide bonds. The third-order valence-electron chi connectivity index (χ3n) is 1.93. The van der Waals surface area contributed by atoms with Crippen molar-refractivity contribution in [2.45, 2.75) is 19.3 Å². The summed E-state index contributed by atoms with van der Waals surface area (Å²) in [4.78, 5) is 0. The van der Waals surface area contributed by atoms with Crippen LogP contribution in [0.3, 0.4) is 0 Å². The molecule has 2 heteroatoms. The van der Waals surface area contributed by atoms with Crippen molar-refractivity contribution in [1.82, 2.24) is 0 Å².